The normalized spacial score (nSPS) is 20.4. The van der Waals surface area contributed by atoms with Crippen LogP contribution in [0.5, 0.6) is 0 Å². The van der Waals surface area contributed by atoms with Crippen molar-refractivity contribution in [2.45, 2.75) is 12.2 Å². The Bertz CT molecular complexity index is 808. The van der Waals surface area contributed by atoms with E-state index < -0.39 is 0 Å². The van der Waals surface area contributed by atoms with Crippen LogP contribution < -0.4 is 0 Å². The topological polar surface area (TPSA) is 29.6 Å². The van der Waals surface area contributed by atoms with E-state index in [4.69, 9.17) is 4.74 Å². The first-order valence-corrected chi connectivity index (χ1v) is 7.06. The molecular formula is C19H14O2. The summed E-state index contributed by atoms with van der Waals surface area (Å²) in [5.41, 5.74) is 1.79. The SMILES string of the molecule is O=C(c1ccccc1)[C@H]1O[C@@H]1c1ccc2ccccc2c1. The predicted octanol–water partition coefficient (Wildman–Crippen LogP) is 4.16. The Balaban J connectivity index is 1.59. The first-order chi connectivity index (χ1) is 10.3. The number of epoxide rings is 1. The average molecular weight is 274 g/mol. The van der Waals surface area contributed by atoms with E-state index in [1.807, 2.05) is 48.5 Å². The second kappa shape index (κ2) is 4.83. The van der Waals surface area contributed by atoms with Crippen molar-refractivity contribution in [3.63, 3.8) is 0 Å². The van der Waals surface area contributed by atoms with Crippen molar-refractivity contribution < 1.29 is 9.53 Å². The molecule has 0 unspecified atom stereocenters. The number of carbonyl (C=O) groups excluding carboxylic acids is 1. The number of carbonyl (C=O) groups is 1. The number of rotatable bonds is 3. The summed E-state index contributed by atoms with van der Waals surface area (Å²) in [6.07, 6.45) is -0.448. The summed E-state index contributed by atoms with van der Waals surface area (Å²) >= 11 is 0. The summed E-state index contributed by atoms with van der Waals surface area (Å²) in [6, 6.07) is 23.8. The van der Waals surface area contributed by atoms with E-state index in [0.717, 1.165) is 5.56 Å². The molecule has 1 saturated heterocycles. The highest BCUT2D eigenvalue weighted by Gasteiger charge is 2.46. The van der Waals surface area contributed by atoms with Gasteiger partial charge in [-0.2, -0.15) is 0 Å². The molecule has 3 aromatic carbocycles. The fourth-order valence-electron chi connectivity index (χ4n) is 2.72. The molecule has 0 amide bonds. The number of ether oxygens (including phenoxy) is 1. The van der Waals surface area contributed by atoms with Gasteiger partial charge in [0.05, 0.1) is 0 Å². The van der Waals surface area contributed by atoms with E-state index in [1.54, 1.807) is 0 Å². The average Bonchev–Trinajstić information content (AvgIpc) is 3.35. The van der Waals surface area contributed by atoms with Crippen LogP contribution in [0.25, 0.3) is 10.8 Å². The Morgan fingerprint density at radius 1 is 0.810 bits per heavy atom. The lowest BCUT2D eigenvalue weighted by Crippen LogP contribution is -2.07. The summed E-state index contributed by atoms with van der Waals surface area (Å²) in [5.74, 6) is 0.0637. The molecule has 2 atom stereocenters. The van der Waals surface area contributed by atoms with Gasteiger partial charge in [0, 0.05) is 5.56 Å². The van der Waals surface area contributed by atoms with Gasteiger partial charge in [0.15, 0.2) is 11.9 Å². The van der Waals surface area contributed by atoms with Gasteiger partial charge in [-0.25, -0.2) is 0 Å². The van der Waals surface area contributed by atoms with Gasteiger partial charge in [0.25, 0.3) is 0 Å². The Labute approximate surface area is 123 Å². The number of hydrogen-bond acceptors (Lipinski definition) is 2. The van der Waals surface area contributed by atoms with Crippen LogP contribution in [0, 0.1) is 0 Å². The molecule has 1 aliphatic heterocycles. The molecule has 1 heterocycles. The van der Waals surface area contributed by atoms with Crippen molar-refractivity contribution >= 4 is 16.6 Å². The van der Waals surface area contributed by atoms with Crippen molar-refractivity contribution in [3.8, 4) is 0 Å². The summed E-state index contributed by atoms with van der Waals surface area (Å²) in [6.45, 7) is 0. The van der Waals surface area contributed by atoms with E-state index in [1.165, 1.54) is 10.8 Å². The van der Waals surface area contributed by atoms with Crippen LogP contribution in [0.15, 0.2) is 72.8 Å². The molecular weight excluding hydrogens is 260 g/mol. The van der Waals surface area contributed by atoms with Crippen LogP contribution in [-0.4, -0.2) is 11.9 Å². The Morgan fingerprint density at radius 2 is 1.52 bits per heavy atom. The van der Waals surface area contributed by atoms with Crippen molar-refractivity contribution in [2.24, 2.45) is 0 Å². The van der Waals surface area contributed by atoms with E-state index in [0.29, 0.717) is 5.56 Å². The van der Waals surface area contributed by atoms with Gasteiger partial charge in [0.2, 0.25) is 0 Å². The maximum atomic E-state index is 12.3. The van der Waals surface area contributed by atoms with Crippen molar-refractivity contribution in [3.05, 3.63) is 83.9 Å². The van der Waals surface area contributed by atoms with Gasteiger partial charge in [-0.05, 0) is 22.4 Å². The quantitative estimate of drug-likeness (QED) is 0.530. The number of Topliss-reactive ketones (excluding diaryl/α,β-unsaturated/α-hetero) is 1. The summed E-state index contributed by atoms with van der Waals surface area (Å²) < 4.78 is 5.62. The van der Waals surface area contributed by atoms with Gasteiger partial charge < -0.3 is 4.74 Å². The fourth-order valence-corrected chi connectivity index (χ4v) is 2.72. The van der Waals surface area contributed by atoms with Crippen LogP contribution in [0.3, 0.4) is 0 Å². The molecule has 0 radical (unpaired) electrons. The van der Waals surface area contributed by atoms with Crippen LogP contribution in [0.1, 0.15) is 22.0 Å². The summed E-state index contributed by atoms with van der Waals surface area (Å²) in [5, 5.41) is 2.38. The minimum Gasteiger partial charge on any atom is -0.356 e. The lowest BCUT2D eigenvalue weighted by molar-refractivity contribution is 0.0953. The first kappa shape index (κ1) is 12.3. The van der Waals surface area contributed by atoms with Crippen LogP contribution >= 0.6 is 0 Å². The van der Waals surface area contributed by atoms with E-state index >= 15 is 0 Å². The molecule has 102 valence electrons. The molecule has 0 spiro atoms. The smallest absolute Gasteiger partial charge is 0.194 e. The number of ketones is 1. The molecule has 0 N–H and O–H groups in total. The largest absolute Gasteiger partial charge is 0.356 e. The minimum absolute atomic E-state index is 0.0637. The molecule has 4 rings (SSSR count). The molecule has 0 saturated carbocycles. The molecule has 1 fully saturated rings. The highest BCUT2D eigenvalue weighted by molar-refractivity contribution is 6.01. The zero-order valence-electron chi connectivity index (χ0n) is 11.4. The highest BCUT2D eigenvalue weighted by Crippen LogP contribution is 2.41. The lowest BCUT2D eigenvalue weighted by atomic mass is 10.0. The molecule has 2 nitrogen and oxygen atoms in total. The van der Waals surface area contributed by atoms with Gasteiger partial charge in [0.1, 0.15) is 6.10 Å². The summed E-state index contributed by atoms with van der Waals surface area (Å²) in [4.78, 5) is 12.3. The molecule has 21 heavy (non-hydrogen) atoms. The molecule has 0 aromatic heterocycles. The van der Waals surface area contributed by atoms with E-state index in [2.05, 4.69) is 24.3 Å². The summed E-state index contributed by atoms with van der Waals surface area (Å²) in [7, 11) is 0. The minimum atomic E-state index is -0.339. The van der Waals surface area contributed by atoms with Gasteiger partial charge in [-0.3, -0.25) is 4.79 Å². The fraction of sp³-hybridized carbons (Fsp3) is 0.105. The van der Waals surface area contributed by atoms with Gasteiger partial charge in [-0.1, -0.05) is 66.7 Å². The standard InChI is InChI=1S/C19H14O2/c20-17(14-7-2-1-3-8-14)19-18(21-19)16-11-10-13-6-4-5-9-15(13)12-16/h1-12,18-19H/t18-,19-/m1/s1. The maximum Gasteiger partial charge on any atom is 0.194 e. The van der Waals surface area contributed by atoms with Crippen molar-refractivity contribution in [2.75, 3.05) is 0 Å². The van der Waals surface area contributed by atoms with Crippen molar-refractivity contribution in [1.82, 2.24) is 0 Å². The number of benzene rings is 3. The number of fused-ring (bicyclic) bond motifs is 1. The molecule has 1 aliphatic rings. The molecule has 0 bridgehead atoms. The Kier molecular flexibility index (Phi) is 2.83. The lowest BCUT2D eigenvalue weighted by Gasteiger charge is -2.01. The van der Waals surface area contributed by atoms with Gasteiger partial charge in [-0.15, -0.1) is 0 Å². The second-order valence-electron chi connectivity index (χ2n) is 5.31. The third-order valence-electron chi connectivity index (χ3n) is 3.91. The monoisotopic (exact) mass is 274 g/mol. The van der Waals surface area contributed by atoms with Crippen molar-refractivity contribution in [1.29, 1.82) is 0 Å². The van der Waals surface area contributed by atoms with Gasteiger partial charge >= 0.3 is 0 Å². The Hall–Kier alpha value is -2.45. The zero-order valence-corrected chi connectivity index (χ0v) is 11.4. The van der Waals surface area contributed by atoms with E-state index in [9.17, 15) is 4.79 Å². The van der Waals surface area contributed by atoms with Crippen LogP contribution in [0.2, 0.25) is 0 Å². The predicted molar refractivity (Wildman–Crippen MR) is 82.3 cm³/mol. The third kappa shape index (κ3) is 2.24. The first-order valence-electron chi connectivity index (χ1n) is 7.06. The molecule has 0 aliphatic carbocycles. The molecule has 3 aromatic rings. The van der Waals surface area contributed by atoms with Crippen LogP contribution in [0.4, 0.5) is 0 Å². The maximum absolute atomic E-state index is 12.3. The molecule has 2 heteroatoms. The zero-order chi connectivity index (χ0) is 14.2. The number of hydrogen-bond donors (Lipinski definition) is 0. The highest BCUT2D eigenvalue weighted by atomic mass is 16.6. The third-order valence-corrected chi connectivity index (χ3v) is 3.91. The van der Waals surface area contributed by atoms with E-state index in [-0.39, 0.29) is 18.0 Å². The Morgan fingerprint density at radius 3 is 2.33 bits per heavy atom. The second-order valence-corrected chi connectivity index (χ2v) is 5.31. The van der Waals surface area contributed by atoms with Crippen LogP contribution in [-0.2, 0) is 4.74 Å².